The summed E-state index contributed by atoms with van der Waals surface area (Å²) in [5.41, 5.74) is 7.30. The zero-order chi connectivity index (χ0) is 21.6. The van der Waals surface area contributed by atoms with Gasteiger partial charge in [0.25, 0.3) is 0 Å². The predicted octanol–water partition coefficient (Wildman–Crippen LogP) is 2.40. The van der Waals surface area contributed by atoms with Crippen LogP contribution in [0.3, 0.4) is 0 Å². The third kappa shape index (κ3) is 5.90. The number of nitrogens with one attached hydrogen (secondary N) is 1. The van der Waals surface area contributed by atoms with Crippen molar-refractivity contribution in [2.45, 2.75) is 25.7 Å². The number of benzene rings is 2. The Balaban J connectivity index is 1.46. The minimum Gasteiger partial charge on any atom is -0.366 e. The molecule has 2 aromatic rings. The van der Waals surface area contributed by atoms with Gasteiger partial charge in [0, 0.05) is 30.3 Å². The maximum atomic E-state index is 12.6. The van der Waals surface area contributed by atoms with E-state index < -0.39 is 15.9 Å². The van der Waals surface area contributed by atoms with Gasteiger partial charge in [-0.15, -0.1) is 0 Å². The van der Waals surface area contributed by atoms with E-state index in [4.69, 9.17) is 5.73 Å². The first-order valence-electron chi connectivity index (χ1n) is 10.1. The fourth-order valence-electron chi connectivity index (χ4n) is 3.59. The van der Waals surface area contributed by atoms with Gasteiger partial charge in [-0.2, -0.15) is 0 Å². The van der Waals surface area contributed by atoms with Gasteiger partial charge in [-0.3, -0.25) is 9.59 Å². The number of sulfonamides is 1. The zero-order valence-electron chi connectivity index (χ0n) is 16.8. The fraction of sp³-hybridized carbons (Fsp3) is 0.364. The van der Waals surface area contributed by atoms with E-state index >= 15 is 0 Å². The van der Waals surface area contributed by atoms with Crippen molar-refractivity contribution in [1.82, 2.24) is 4.31 Å². The maximum absolute atomic E-state index is 12.6. The molecular weight excluding hydrogens is 402 g/mol. The van der Waals surface area contributed by atoms with Crippen LogP contribution >= 0.6 is 0 Å². The molecule has 3 N–H and O–H groups in total. The maximum Gasteiger partial charge on any atom is 0.248 e. The van der Waals surface area contributed by atoms with E-state index in [-0.39, 0.29) is 17.6 Å². The molecule has 7 nitrogen and oxygen atoms in total. The van der Waals surface area contributed by atoms with Crippen LogP contribution in [0.2, 0.25) is 0 Å². The van der Waals surface area contributed by atoms with E-state index in [0.717, 1.165) is 12.0 Å². The number of piperidine rings is 1. The molecule has 2 aromatic carbocycles. The summed E-state index contributed by atoms with van der Waals surface area (Å²) in [5.74, 6) is -0.782. The smallest absolute Gasteiger partial charge is 0.248 e. The molecular formula is C22H27N3O4S. The third-order valence-electron chi connectivity index (χ3n) is 5.37. The summed E-state index contributed by atoms with van der Waals surface area (Å²) in [5, 5.41) is 2.82. The van der Waals surface area contributed by atoms with Gasteiger partial charge in [0.15, 0.2) is 0 Å². The minimum atomic E-state index is -3.32. The quantitative estimate of drug-likeness (QED) is 0.671. The molecule has 8 heteroatoms. The normalized spacial score (nSPS) is 15.6. The van der Waals surface area contributed by atoms with Crippen LogP contribution in [0.1, 0.15) is 35.2 Å². The van der Waals surface area contributed by atoms with E-state index in [1.807, 2.05) is 30.3 Å². The first kappa shape index (κ1) is 22.0. The van der Waals surface area contributed by atoms with Crippen molar-refractivity contribution in [2.24, 2.45) is 11.7 Å². The molecule has 2 amide bonds. The molecule has 1 saturated heterocycles. The Bertz CT molecular complexity index is 967. The van der Waals surface area contributed by atoms with Crippen LogP contribution in [0.5, 0.6) is 0 Å². The van der Waals surface area contributed by atoms with Crippen LogP contribution in [0.15, 0.2) is 54.6 Å². The Morgan fingerprint density at radius 2 is 1.63 bits per heavy atom. The molecule has 0 spiro atoms. The molecule has 0 aromatic heterocycles. The number of nitrogens with two attached hydrogens (primary N) is 1. The lowest BCUT2D eigenvalue weighted by Gasteiger charge is -2.30. The average molecular weight is 430 g/mol. The predicted molar refractivity (Wildman–Crippen MR) is 116 cm³/mol. The highest BCUT2D eigenvalue weighted by Gasteiger charge is 2.30. The van der Waals surface area contributed by atoms with Gasteiger partial charge in [-0.05, 0) is 55.5 Å². The lowest BCUT2D eigenvalue weighted by Crippen LogP contribution is -2.42. The van der Waals surface area contributed by atoms with E-state index in [2.05, 4.69) is 5.32 Å². The van der Waals surface area contributed by atoms with Crippen LogP contribution in [0.25, 0.3) is 0 Å². The van der Waals surface area contributed by atoms with Gasteiger partial charge in [0.2, 0.25) is 21.8 Å². The number of hydrogen-bond donors (Lipinski definition) is 2. The lowest BCUT2D eigenvalue weighted by atomic mass is 9.97. The van der Waals surface area contributed by atoms with E-state index in [0.29, 0.717) is 43.6 Å². The van der Waals surface area contributed by atoms with Crippen LogP contribution in [0.4, 0.5) is 5.69 Å². The van der Waals surface area contributed by atoms with E-state index in [1.54, 1.807) is 24.3 Å². The number of anilines is 1. The Morgan fingerprint density at radius 3 is 2.23 bits per heavy atom. The van der Waals surface area contributed by atoms with Crippen molar-refractivity contribution in [3.63, 3.8) is 0 Å². The summed E-state index contributed by atoms with van der Waals surface area (Å²) in [6, 6.07) is 16.2. The number of nitrogens with zero attached hydrogens (tertiary/aromatic N) is 1. The Kier molecular flexibility index (Phi) is 7.23. The lowest BCUT2D eigenvalue weighted by molar-refractivity contribution is -0.120. The fourth-order valence-corrected chi connectivity index (χ4v) is 5.13. The number of rotatable bonds is 8. The van der Waals surface area contributed by atoms with Crippen LogP contribution in [0, 0.1) is 5.92 Å². The first-order valence-corrected chi connectivity index (χ1v) is 11.7. The van der Waals surface area contributed by atoms with Crippen molar-refractivity contribution in [3.8, 4) is 0 Å². The molecule has 1 heterocycles. The van der Waals surface area contributed by atoms with Gasteiger partial charge in [0.05, 0.1) is 5.75 Å². The zero-order valence-corrected chi connectivity index (χ0v) is 17.6. The van der Waals surface area contributed by atoms with Crippen molar-refractivity contribution < 1.29 is 18.0 Å². The number of carbonyl (C=O) groups excluding carboxylic acids is 2. The second-order valence-corrected chi connectivity index (χ2v) is 9.60. The summed E-state index contributed by atoms with van der Waals surface area (Å²) in [6.45, 7) is 0.707. The van der Waals surface area contributed by atoms with Crippen LogP contribution in [-0.2, 0) is 21.2 Å². The van der Waals surface area contributed by atoms with E-state index in [1.165, 1.54) is 4.31 Å². The highest BCUT2D eigenvalue weighted by Crippen LogP contribution is 2.22. The molecule has 0 aliphatic carbocycles. The Labute approximate surface area is 177 Å². The molecule has 1 aliphatic rings. The molecule has 1 fully saturated rings. The van der Waals surface area contributed by atoms with Gasteiger partial charge in [-0.1, -0.05) is 30.3 Å². The van der Waals surface area contributed by atoms with Gasteiger partial charge < -0.3 is 11.1 Å². The third-order valence-corrected chi connectivity index (χ3v) is 7.32. The minimum absolute atomic E-state index is 0.116. The molecule has 3 rings (SSSR count). The molecule has 30 heavy (non-hydrogen) atoms. The molecule has 0 atom stereocenters. The number of primary amides is 1. The molecule has 0 bridgehead atoms. The monoisotopic (exact) mass is 429 g/mol. The highest BCUT2D eigenvalue weighted by molar-refractivity contribution is 7.89. The Morgan fingerprint density at radius 1 is 1.00 bits per heavy atom. The summed E-state index contributed by atoms with van der Waals surface area (Å²) >= 11 is 0. The van der Waals surface area contributed by atoms with Crippen molar-refractivity contribution in [3.05, 3.63) is 65.7 Å². The van der Waals surface area contributed by atoms with E-state index in [9.17, 15) is 18.0 Å². The molecule has 0 unspecified atom stereocenters. The SMILES string of the molecule is NC(=O)c1ccc(NC(=O)C2CCN(S(=O)(=O)CCCc3ccccc3)CC2)cc1. The van der Waals surface area contributed by atoms with Gasteiger partial charge in [0.1, 0.15) is 0 Å². The van der Waals surface area contributed by atoms with Gasteiger partial charge >= 0.3 is 0 Å². The highest BCUT2D eigenvalue weighted by atomic mass is 32.2. The summed E-state index contributed by atoms with van der Waals surface area (Å²) in [4.78, 5) is 23.6. The molecule has 1 aliphatic heterocycles. The molecule has 0 saturated carbocycles. The number of aryl methyl sites for hydroxylation is 1. The van der Waals surface area contributed by atoms with Crippen LogP contribution in [-0.4, -0.2) is 43.4 Å². The molecule has 0 radical (unpaired) electrons. The summed E-state index contributed by atoms with van der Waals surface area (Å²) in [7, 11) is -3.32. The topological polar surface area (TPSA) is 110 Å². The van der Waals surface area contributed by atoms with Crippen molar-refractivity contribution in [1.29, 1.82) is 0 Å². The van der Waals surface area contributed by atoms with Crippen molar-refractivity contribution in [2.75, 3.05) is 24.2 Å². The van der Waals surface area contributed by atoms with Gasteiger partial charge in [-0.25, -0.2) is 12.7 Å². The second kappa shape index (κ2) is 9.86. The number of hydrogen-bond acceptors (Lipinski definition) is 4. The second-order valence-electron chi connectivity index (χ2n) is 7.51. The summed E-state index contributed by atoms with van der Waals surface area (Å²) in [6.07, 6.45) is 2.29. The number of carbonyl (C=O) groups is 2. The van der Waals surface area contributed by atoms with Crippen LogP contribution < -0.4 is 11.1 Å². The standard InChI is InChI=1S/C22H27N3O4S/c23-21(26)18-8-10-20(11-9-18)24-22(27)19-12-14-25(15-13-19)30(28,29)16-4-7-17-5-2-1-3-6-17/h1-3,5-6,8-11,19H,4,7,12-16H2,(H2,23,26)(H,24,27). The molecule has 160 valence electrons. The number of amides is 2. The van der Waals surface area contributed by atoms with Crippen molar-refractivity contribution >= 4 is 27.5 Å². The summed E-state index contributed by atoms with van der Waals surface area (Å²) < 4.78 is 26.7. The Hall–Kier alpha value is -2.71. The first-order chi connectivity index (χ1) is 14.3. The largest absolute Gasteiger partial charge is 0.366 e. The average Bonchev–Trinajstić information content (AvgIpc) is 2.75.